The first-order valence-corrected chi connectivity index (χ1v) is 6.05. The largest absolute Gasteiger partial charge is 0.320 e. The monoisotopic (exact) mass is 257 g/mol. The topological polar surface area (TPSA) is 26.0 Å². The van der Waals surface area contributed by atoms with Crippen LogP contribution in [0.5, 0.6) is 0 Å². The lowest BCUT2D eigenvalue weighted by Crippen LogP contribution is -2.09. The minimum absolute atomic E-state index is 0.152. The Bertz CT molecular complexity index is 433. The van der Waals surface area contributed by atoms with Crippen molar-refractivity contribution in [3.05, 3.63) is 56.2 Å². The van der Waals surface area contributed by atoms with Gasteiger partial charge in [-0.25, -0.2) is 0 Å². The van der Waals surface area contributed by atoms with Crippen LogP contribution >= 0.6 is 34.5 Å². The number of nitrogens with two attached hydrogens (primary N) is 1. The maximum atomic E-state index is 6.09. The van der Waals surface area contributed by atoms with Crippen molar-refractivity contribution in [2.24, 2.45) is 5.73 Å². The molecular weight excluding hydrogens is 249 g/mol. The number of hydrogen-bond acceptors (Lipinski definition) is 2. The maximum Gasteiger partial charge on any atom is 0.0647 e. The van der Waals surface area contributed by atoms with Crippen LogP contribution in [-0.4, -0.2) is 0 Å². The smallest absolute Gasteiger partial charge is 0.0647 e. The molecule has 1 nitrogen and oxygen atoms in total. The fourth-order valence-electron chi connectivity index (χ4n) is 1.39. The zero-order chi connectivity index (χ0) is 10.8. The molecule has 0 saturated heterocycles. The molecule has 0 fully saturated rings. The van der Waals surface area contributed by atoms with Crippen LogP contribution in [0.2, 0.25) is 10.0 Å². The molecule has 0 aliphatic carbocycles. The molecule has 0 radical (unpaired) electrons. The highest BCUT2D eigenvalue weighted by Gasteiger charge is 2.10. The molecule has 0 aliphatic rings. The van der Waals surface area contributed by atoms with E-state index in [1.807, 2.05) is 29.6 Å². The highest BCUT2D eigenvalue weighted by Crippen LogP contribution is 2.28. The fraction of sp³-hybridized carbons (Fsp3) is 0.0909. The van der Waals surface area contributed by atoms with E-state index in [0.29, 0.717) is 10.0 Å². The third kappa shape index (κ3) is 2.52. The summed E-state index contributed by atoms with van der Waals surface area (Å²) in [5, 5.41) is 3.23. The highest BCUT2D eigenvalue weighted by atomic mass is 35.5. The summed E-state index contributed by atoms with van der Waals surface area (Å²) < 4.78 is 0. The molecule has 1 aromatic heterocycles. The third-order valence-corrected chi connectivity index (χ3v) is 3.49. The lowest BCUT2D eigenvalue weighted by Gasteiger charge is -2.10. The fourth-order valence-corrected chi connectivity index (χ4v) is 2.68. The zero-order valence-electron chi connectivity index (χ0n) is 7.78. The second kappa shape index (κ2) is 4.54. The van der Waals surface area contributed by atoms with Crippen LogP contribution < -0.4 is 5.73 Å². The second-order valence-corrected chi connectivity index (χ2v) is 5.05. The molecule has 0 spiro atoms. The normalized spacial score (nSPS) is 12.7. The first-order valence-electron chi connectivity index (χ1n) is 4.42. The molecule has 15 heavy (non-hydrogen) atoms. The molecule has 0 saturated carbocycles. The molecule has 0 amide bonds. The standard InChI is InChI=1S/C11H9Cl2NS/c12-8-4-7(5-9(13)6-8)11(14)10-2-1-3-15-10/h1-6,11H,14H2/t11-/m1/s1. The summed E-state index contributed by atoms with van der Waals surface area (Å²) in [6.45, 7) is 0. The first-order chi connectivity index (χ1) is 7.16. The lowest BCUT2D eigenvalue weighted by molar-refractivity contribution is 0.894. The summed E-state index contributed by atoms with van der Waals surface area (Å²) in [4.78, 5) is 1.10. The van der Waals surface area contributed by atoms with Crippen LogP contribution in [0.3, 0.4) is 0 Å². The average molecular weight is 258 g/mol. The van der Waals surface area contributed by atoms with Crippen LogP contribution in [0.1, 0.15) is 16.5 Å². The molecule has 2 rings (SSSR count). The van der Waals surface area contributed by atoms with Gasteiger partial charge in [-0.3, -0.25) is 0 Å². The Morgan fingerprint density at radius 1 is 1.13 bits per heavy atom. The molecular formula is C11H9Cl2NS. The van der Waals surface area contributed by atoms with Crippen molar-refractivity contribution >= 4 is 34.5 Å². The van der Waals surface area contributed by atoms with Crippen LogP contribution in [0, 0.1) is 0 Å². The van der Waals surface area contributed by atoms with Gasteiger partial charge in [-0.05, 0) is 35.2 Å². The minimum Gasteiger partial charge on any atom is -0.320 e. The number of rotatable bonds is 2. The van der Waals surface area contributed by atoms with Crippen LogP contribution in [0.4, 0.5) is 0 Å². The van der Waals surface area contributed by atoms with Crippen LogP contribution in [-0.2, 0) is 0 Å². The van der Waals surface area contributed by atoms with Crippen LogP contribution in [0.15, 0.2) is 35.7 Å². The Morgan fingerprint density at radius 2 is 1.80 bits per heavy atom. The highest BCUT2D eigenvalue weighted by molar-refractivity contribution is 7.10. The van der Waals surface area contributed by atoms with Crippen molar-refractivity contribution in [3.8, 4) is 0 Å². The Kier molecular flexibility index (Phi) is 3.32. The summed E-state index contributed by atoms with van der Waals surface area (Å²) in [7, 11) is 0. The number of hydrogen-bond donors (Lipinski definition) is 1. The van der Waals surface area contributed by atoms with E-state index in [2.05, 4.69) is 0 Å². The molecule has 1 atom stereocenters. The van der Waals surface area contributed by atoms with Gasteiger partial charge in [0.15, 0.2) is 0 Å². The van der Waals surface area contributed by atoms with Crippen molar-refractivity contribution < 1.29 is 0 Å². The summed E-state index contributed by atoms with van der Waals surface area (Å²) in [5.41, 5.74) is 7.03. The van der Waals surface area contributed by atoms with Crippen molar-refractivity contribution in [1.29, 1.82) is 0 Å². The van der Waals surface area contributed by atoms with Gasteiger partial charge in [0.1, 0.15) is 0 Å². The summed E-state index contributed by atoms with van der Waals surface area (Å²) in [6.07, 6.45) is 0. The van der Waals surface area contributed by atoms with E-state index >= 15 is 0 Å². The molecule has 0 unspecified atom stereocenters. The van der Waals surface area contributed by atoms with Gasteiger partial charge in [0.2, 0.25) is 0 Å². The second-order valence-electron chi connectivity index (χ2n) is 3.20. The quantitative estimate of drug-likeness (QED) is 0.862. The van der Waals surface area contributed by atoms with Crippen molar-refractivity contribution in [3.63, 3.8) is 0 Å². The van der Waals surface area contributed by atoms with Gasteiger partial charge in [-0.1, -0.05) is 29.3 Å². The van der Waals surface area contributed by atoms with E-state index in [1.165, 1.54) is 0 Å². The van der Waals surface area contributed by atoms with Gasteiger partial charge in [-0.15, -0.1) is 11.3 Å². The van der Waals surface area contributed by atoms with E-state index in [9.17, 15) is 0 Å². The molecule has 0 aliphatic heterocycles. The average Bonchev–Trinajstić information content (AvgIpc) is 2.67. The zero-order valence-corrected chi connectivity index (χ0v) is 10.1. The van der Waals surface area contributed by atoms with E-state index in [4.69, 9.17) is 28.9 Å². The Labute approximate surface area is 102 Å². The molecule has 0 bridgehead atoms. The molecule has 1 aromatic carbocycles. The van der Waals surface area contributed by atoms with Crippen molar-refractivity contribution in [2.75, 3.05) is 0 Å². The van der Waals surface area contributed by atoms with Gasteiger partial charge in [0.25, 0.3) is 0 Å². The Balaban J connectivity index is 2.37. The van der Waals surface area contributed by atoms with E-state index in [0.717, 1.165) is 10.4 Å². The number of halogens is 2. The molecule has 78 valence electrons. The summed E-state index contributed by atoms with van der Waals surface area (Å²) >= 11 is 13.5. The number of thiophene rings is 1. The SMILES string of the molecule is N[C@H](c1cc(Cl)cc(Cl)c1)c1cccs1. The van der Waals surface area contributed by atoms with Crippen molar-refractivity contribution in [1.82, 2.24) is 0 Å². The minimum atomic E-state index is -0.152. The van der Waals surface area contributed by atoms with Gasteiger partial charge < -0.3 is 5.73 Å². The lowest BCUT2D eigenvalue weighted by atomic mass is 10.1. The van der Waals surface area contributed by atoms with Gasteiger partial charge in [0.05, 0.1) is 6.04 Å². The predicted octanol–water partition coefficient (Wildman–Crippen LogP) is 4.10. The Hall–Kier alpha value is -0.540. The van der Waals surface area contributed by atoms with E-state index in [-0.39, 0.29) is 6.04 Å². The van der Waals surface area contributed by atoms with Crippen molar-refractivity contribution in [2.45, 2.75) is 6.04 Å². The van der Waals surface area contributed by atoms with Gasteiger partial charge >= 0.3 is 0 Å². The van der Waals surface area contributed by atoms with Crippen LogP contribution in [0.25, 0.3) is 0 Å². The molecule has 4 heteroatoms. The molecule has 2 aromatic rings. The maximum absolute atomic E-state index is 6.09. The third-order valence-electron chi connectivity index (χ3n) is 2.09. The number of benzene rings is 1. The summed E-state index contributed by atoms with van der Waals surface area (Å²) in [5.74, 6) is 0. The van der Waals surface area contributed by atoms with Gasteiger partial charge in [-0.2, -0.15) is 0 Å². The summed E-state index contributed by atoms with van der Waals surface area (Å²) in [6, 6.07) is 9.22. The first kappa shape index (κ1) is 11.0. The molecule has 1 heterocycles. The molecule has 2 N–H and O–H groups in total. The van der Waals surface area contributed by atoms with Gasteiger partial charge in [0, 0.05) is 14.9 Å². The Morgan fingerprint density at radius 3 is 2.33 bits per heavy atom. The van der Waals surface area contributed by atoms with E-state index in [1.54, 1.807) is 17.4 Å². The predicted molar refractivity (Wildman–Crippen MR) is 66.8 cm³/mol. The van der Waals surface area contributed by atoms with E-state index < -0.39 is 0 Å².